The fourth-order valence-corrected chi connectivity index (χ4v) is 2.34. The molecule has 1 heterocycles. The number of nitrogens with one attached hydrogen (secondary N) is 1. The minimum atomic E-state index is 0.303. The van der Waals surface area contributed by atoms with Gasteiger partial charge < -0.3 is 10.6 Å². The number of hydrogen-bond donors (Lipinski definition) is 2. The largest absolute Gasteiger partial charge is 0.368 e. The molecular formula is C11H23N5S. The highest BCUT2D eigenvalue weighted by atomic mass is 32.1. The molecule has 6 heteroatoms. The second-order valence-corrected chi connectivity index (χ2v) is 4.66. The van der Waals surface area contributed by atoms with Crippen molar-refractivity contribution in [1.29, 1.82) is 0 Å². The molecule has 98 valence electrons. The van der Waals surface area contributed by atoms with Crippen molar-refractivity contribution in [3.8, 4) is 0 Å². The van der Waals surface area contributed by atoms with Gasteiger partial charge in [-0.15, -0.1) is 5.10 Å². The Kier molecular flexibility index (Phi) is 5.64. The van der Waals surface area contributed by atoms with Crippen molar-refractivity contribution >= 4 is 18.2 Å². The molecule has 17 heavy (non-hydrogen) atoms. The number of aromatic amines is 1. The summed E-state index contributed by atoms with van der Waals surface area (Å²) < 4.78 is 2.50. The van der Waals surface area contributed by atoms with Gasteiger partial charge in [-0.25, -0.2) is 5.10 Å². The van der Waals surface area contributed by atoms with Crippen LogP contribution in [0.25, 0.3) is 0 Å². The second-order valence-electron chi connectivity index (χ2n) is 4.28. The summed E-state index contributed by atoms with van der Waals surface area (Å²) in [4.78, 5) is 2.42. The van der Waals surface area contributed by atoms with E-state index in [-0.39, 0.29) is 0 Å². The van der Waals surface area contributed by atoms with Crippen LogP contribution in [0.3, 0.4) is 0 Å². The third kappa shape index (κ3) is 3.81. The van der Waals surface area contributed by atoms with Gasteiger partial charge in [-0.2, -0.15) is 0 Å². The first-order valence-electron chi connectivity index (χ1n) is 6.24. The van der Waals surface area contributed by atoms with Crippen LogP contribution in [0.1, 0.15) is 39.7 Å². The first-order valence-corrected chi connectivity index (χ1v) is 6.65. The highest BCUT2D eigenvalue weighted by Gasteiger charge is 2.10. The van der Waals surface area contributed by atoms with Gasteiger partial charge in [0.2, 0.25) is 5.95 Å². The van der Waals surface area contributed by atoms with Crippen molar-refractivity contribution in [1.82, 2.24) is 19.7 Å². The number of hydrogen-bond acceptors (Lipinski definition) is 4. The number of nitrogen functional groups attached to an aromatic ring is 1. The third-order valence-corrected chi connectivity index (χ3v) is 3.45. The van der Waals surface area contributed by atoms with Crippen molar-refractivity contribution in [2.45, 2.75) is 39.7 Å². The van der Waals surface area contributed by atoms with Gasteiger partial charge in [0.25, 0.3) is 0 Å². The molecule has 0 aliphatic carbocycles. The van der Waals surface area contributed by atoms with E-state index >= 15 is 0 Å². The SMILES string of the molecule is CCN(CC)CCCC(C)n1c(N)n[nH]c1=S. The summed E-state index contributed by atoms with van der Waals surface area (Å²) in [5.74, 6) is 0.477. The van der Waals surface area contributed by atoms with Gasteiger partial charge in [0.1, 0.15) is 0 Å². The van der Waals surface area contributed by atoms with Crippen molar-refractivity contribution in [2.75, 3.05) is 25.4 Å². The van der Waals surface area contributed by atoms with Crippen molar-refractivity contribution in [2.24, 2.45) is 0 Å². The molecule has 1 unspecified atom stereocenters. The lowest BCUT2D eigenvalue weighted by Gasteiger charge is -2.19. The van der Waals surface area contributed by atoms with Gasteiger partial charge in [0.15, 0.2) is 4.77 Å². The summed E-state index contributed by atoms with van der Waals surface area (Å²) in [6, 6.07) is 0.303. The van der Waals surface area contributed by atoms with Crippen LogP contribution in [0.5, 0.6) is 0 Å². The van der Waals surface area contributed by atoms with Crippen LogP contribution < -0.4 is 5.73 Å². The monoisotopic (exact) mass is 257 g/mol. The van der Waals surface area contributed by atoms with Gasteiger partial charge in [-0.1, -0.05) is 13.8 Å². The summed E-state index contributed by atoms with van der Waals surface area (Å²) in [6.07, 6.45) is 2.21. The predicted molar refractivity (Wildman–Crippen MR) is 73.6 cm³/mol. The number of nitrogens with zero attached hydrogens (tertiary/aromatic N) is 3. The lowest BCUT2D eigenvalue weighted by Crippen LogP contribution is -2.24. The average molecular weight is 257 g/mol. The molecule has 3 N–H and O–H groups in total. The summed E-state index contributed by atoms with van der Waals surface area (Å²) in [5, 5.41) is 6.65. The Hall–Kier alpha value is -0.880. The molecule has 1 aromatic heterocycles. The summed E-state index contributed by atoms with van der Waals surface area (Å²) in [5.41, 5.74) is 5.77. The first kappa shape index (κ1) is 14.2. The molecule has 5 nitrogen and oxygen atoms in total. The number of H-pyrrole nitrogens is 1. The molecule has 0 aliphatic heterocycles. The Morgan fingerprint density at radius 1 is 1.47 bits per heavy atom. The summed E-state index contributed by atoms with van der Waals surface area (Å²) >= 11 is 5.15. The highest BCUT2D eigenvalue weighted by molar-refractivity contribution is 7.71. The third-order valence-electron chi connectivity index (χ3n) is 3.16. The Morgan fingerprint density at radius 3 is 2.59 bits per heavy atom. The zero-order valence-electron chi connectivity index (χ0n) is 10.9. The first-order chi connectivity index (χ1) is 8.10. The molecule has 1 aromatic rings. The fraction of sp³-hybridized carbons (Fsp3) is 0.818. The van der Waals surface area contributed by atoms with Gasteiger partial charge in [0.05, 0.1) is 0 Å². The van der Waals surface area contributed by atoms with Gasteiger partial charge in [-0.05, 0) is 51.6 Å². The zero-order valence-corrected chi connectivity index (χ0v) is 11.8. The van der Waals surface area contributed by atoms with E-state index in [2.05, 4.69) is 35.9 Å². The van der Waals surface area contributed by atoms with Crippen LogP contribution >= 0.6 is 12.2 Å². The normalized spacial score (nSPS) is 13.2. The van der Waals surface area contributed by atoms with E-state index in [1.54, 1.807) is 0 Å². The van der Waals surface area contributed by atoms with Crippen LogP contribution in [0, 0.1) is 4.77 Å². The van der Waals surface area contributed by atoms with E-state index < -0.39 is 0 Å². The molecule has 0 spiro atoms. The van der Waals surface area contributed by atoms with E-state index in [1.165, 1.54) is 0 Å². The topological polar surface area (TPSA) is 62.9 Å². The smallest absolute Gasteiger partial charge is 0.220 e. The van der Waals surface area contributed by atoms with Gasteiger partial charge in [0, 0.05) is 6.04 Å². The lowest BCUT2D eigenvalue weighted by atomic mass is 10.1. The number of aromatic nitrogens is 3. The highest BCUT2D eigenvalue weighted by Crippen LogP contribution is 2.16. The van der Waals surface area contributed by atoms with Gasteiger partial charge in [-0.3, -0.25) is 4.57 Å². The maximum absolute atomic E-state index is 5.77. The molecule has 0 saturated heterocycles. The summed E-state index contributed by atoms with van der Waals surface area (Å²) in [6.45, 7) is 9.86. The molecule has 0 saturated carbocycles. The fourth-order valence-electron chi connectivity index (χ4n) is 2.02. The van der Waals surface area contributed by atoms with E-state index in [0.29, 0.717) is 16.8 Å². The van der Waals surface area contributed by atoms with Crippen molar-refractivity contribution in [3.05, 3.63) is 4.77 Å². The molecule has 0 bridgehead atoms. The van der Waals surface area contributed by atoms with Crippen LogP contribution in [-0.4, -0.2) is 39.3 Å². The Balaban J connectivity index is 2.45. The van der Waals surface area contributed by atoms with Crippen molar-refractivity contribution < 1.29 is 0 Å². The van der Waals surface area contributed by atoms with E-state index in [4.69, 9.17) is 18.0 Å². The number of rotatable bonds is 7. The Labute approximate surface area is 108 Å². The van der Waals surface area contributed by atoms with Crippen molar-refractivity contribution in [3.63, 3.8) is 0 Å². The van der Waals surface area contributed by atoms with Crippen LogP contribution in [0.2, 0.25) is 0 Å². The molecule has 0 aliphatic rings. The minimum Gasteiger partial charge on any atom is -0.368 e. The van der Waals surface area contributed by atoms with E-state index in [0.717, 1.165) is 32.5 Å². The van der Waals surface area contributed by atoms with E-state index in [9.17, 15) is 0 Å². The molecule has 0 amide bonds. The lowest BCUT2D eigenvalue weighted by molar-refractivity contribution is 0.288. The average Bonchev–Trinajstić information content (AvgIpc) is 2.64. The molecule has 0 aromatic carbocycles. The van der Waals surface area contributed by atoms with E-state index in [1.807, 2.05) is 4.57 Å². The molecule has 0 fully saturated rings. The molecular weight excluding hydrogens is 234 g/mol. The minimum absolute atomic E-state index is 0.303. The molecule has 1 atom stereocenters. The molecule has 1 rings (SSSR count). The quantitative estimate of drug-likeness (QED) is 0.735. The Morgan fingerprint density at radius 2 is 2.12 bits per heavy atom. The predicted octanol–water partition coefficient (Wildman–Crippen LogP) is 2.21. The van der Waals surface area contributed by atoms with Crippen LogP contribution in [0.15, 0.2) is 0 Å². The van der Waals surface area contributed by atoms with Crippen LogP contribution in [-0.2, 0) is 0 Å². The maximum Gasteiger partial charge on any atom is 0.220 e. The summed E-state index contributed by atoms with van der Waals surface area (Å²) in [7, 11) is 0. The van der Waals surface area contributed by atoms with Gasteiger partial charge >= 0.3 is 0 Å². The molecule has 0 radical (unpaired) electrons. The zero-order chi connectivity index (χ0) is 12.8. The number of anilines is 1. The number of nitrogens with two attached hydrogens (primary N) is 1. The Bertz CT molecular complexity index is 379. The maximum atomic E-state index is 5.77. The standard InChI is InChI=1S/C11H23N5S/c1-4-15(5-2)8-6-7-9(3)16-10(12)13-14-11(16)17/h9H,4-8H2,1-3H3,(H2,12,13)(H,14,17). The van der Waals surface area contributed by atoms with Crippen LogP contribution in [0.4, 0.5) is 5.95 Å². The second kappa shape index (κ2) is 6.76.